The normalized spacial score (nSPS) is 16.0. The third-order valence-corrected chi connectivity index (χ3v) is 1.59. The van der Waals surface area contributed by atoms with Crippen LogP contribution in [0.4, 0.5) is 4.39 Å². The summed E-state index contributed by atoms with van der Waals surface area (Å²) in [6.45, 7) is 1.07. The van der Waals surface area contributed by atoms with Gasteiger partial charge in [-0.25, -0.2) is 4.39 Å². The van der Waals surface area contributed by atoms with Crippen molar-refractivity contribution >= 4 is 11.6 Å². The van der Waals surface area contributed by atoms with Crippen LogP contribution in [0.1, 0.15) is 12.5 Å². The number of aliphatic hydroxyl groups is 1. The number of hydrogen-bond donors (Lipinski definition) is 1. The van der Waals surface area contributed by atoms with Crippen molar-refractivity contribution < 1.29 is 9.50 Å². The SMILES string of the molecule is C[C@](O)(F)c1cccc(Cl)c1. The molecule has 60 valence electrons. The topological polar surface area (TPSA) is 20.2 Å². The summed E-state index contributed by atoms with van der Waals surface area (Å²) in [6.07, 6.45) is 0. The van der Waals surface area contributed by atoms with E-state index in [1.165, 1.54) is 12.1 Å². The van der Waals surface area contributed by atoms with Gasteiger partial charge in [0.1, 0.15) is 0 Å². The van der Waals surface area contributed by atoms with E-state index in [0.717, 1.165) is 6.92 Å². The molecule has 1 N–H and O–H groups in total. The standard InChI is InChI=1S/C8H8ClFO/c1-8(10,11)6-3-2-4-7(9)5-6/h2-5,11H,1H3/t8-/m1/s1. The Morgan fingerprint density at radius 3 is 2.55 bits per heavy atom. The van der Waals surface area contributed by atoms with E-state index in [9.17, 15) is 4.39 Å². The second-order valence-electron chi connectivity index (χ2n) is 2.46. The van der Waals surface area contributed by atoms with Gasteiger partial charge in [0.05, 0.1) is 0 Å². The molecule has 1 nitrogen and oxygen atoms in total. The molecule has 0 amide bonds. The zero-order valence-electron chi connectivity index (χ0n) is 6.01. The van der Waals surface area contributed by atoms with E-state index in [0.29, 0.717) is 5.02 Å². The van der Waals surface area contributed by atoms with Crippen LogP contribution in [0.25, 0.3) is 0 Å². The van der Waals surface area contributed by atoms with Crippen LogP contribution >= 0.6 is 11.6 Å². The molecule has 0 aliphatic carbocycles. The first kappa shape index (κ1) is 8.50. The van der Waals surface area contributed by atoms with Crippen LogP contribution in [0.2, 0.25) is 5.02 Å². The van der Waals surface area contributed by atoms with Gasteiger partial charge in [-0.3, -0.25) is 0 Å². The van der Waals surface area contributed by atoms with Gasteiger partial charge in [0, 0.05) is 10.6 Å². The Kier molecular flexibility index (Phi) is 2.16. The van der Waals surface area contributed by atoms with E-state index in [-0.39, 0.29) is 5.56 Å². The molecule has 0 radical (unpaired) electrons. The zero-order valence-corrected chi connectivity index (χ0v) is 6.77. The molecular formula is C8H8ClFO. The smallest absolute Gasteiger partial charge is 0.230 e. The number of hydrogen-bond acceptors (Lipinski definition) is 1. The first-order valence-corrected chi connectivity index (χ1v) is 3.55. The minimum Gasteiger partial charge on any atom is -0.358 e. The molecule has 0 aromatic heterocycles. The average molecular weight is 175 g/mol. The molecule has 0 spiro atoms. The third kappa shape index (κ3) is 2.17. The van der Waals surface area contributed by atoms with Gasteiger partial charge < -0.3 is 5.11 Å². The van der Waals surface area contributed by atoms with Crippen molar-refractivity contribution in [3.8, 4) is 0 Å². The first-order chi connectivity index (χ1) is 5.00. The Labute approximate surface area is 69.4 Å². The lowest BCUT2D eigenvalue weighted by atomic mass is 10.1. The maximum atomic E-state index is 12.8. The summed E-state index contributed by atoms with van der Waals surface area (Å²) in [4.78, 5) is 0. The number of benzene rings is 1. The number of rotatable bonds is 1. The van der Waals surface area contributed by atoms with Gasteiger partial charge in [-0.15, -0.1) is 0 Å². The Bertz CT molecular complexity index is 255. The number of halogens is 2. The average Bonchev–Trinajstić information content (AvgIpc) is 1.86. The molecule has 11 heavy (non-hydrogen) atoms. The highest BCUT2D eigenvalue weighted by Crippen LogP contribution is 2.23. The van der Waals surface area contributed by atoms with Crippen LogP contribution in [0.15, 0.2) is 24.3 Å². The van der Waals surface area contributed by atoms with E-state index in [1.54, 1.807) is 12.1 Å². The fourth-order valence-electron chi connectivity index (χ4n) is 0.772. The molecule has 3 heteroatoms. The van der Waals surface area contributed by atoms with Gasteiger partial charge in [-0.05, 0) is 19.1 Å². The molecule has 1 aromatic rings. The van der Waals surface area contributed by atoms with Gasteiger partial charge in [0.25, 0.3) is 0 Å². The van der Waals surface area contributed by atoms with Crippen molar-refractivity contribution in [3.63, 3.8) is 0 Å². The molecule has 0 heterocycles. The van der Waals surface area contributed by atoms with E-state index >= 15 is 0 Å². The van der Waals surface area contributed by atoms with Crippen molar-refractivity contribution in [1.82, 2.24) is 0 Å². The zero-order chi connectivity index (χ0) is 8.48. The molecule has 0 aliphatic heterocycles. The molecule has 1 atom stereocenters. The van der Waals surface area contributed by atoms with Crippen LogP contribution < -0.4 is 0 Å². The lowest BCUT2D eigenvalue weighted by Gasteiger charge is -2.12. The van der Waals surface area contributed by atoms with Crippen molar-refractivity contribution in [2.45, 2.75) is 12.8 Å². The summed E-state index contributed by atoms with van der Waals surface area (Å²) in [5, 5.41) is 9.31. The molecule has 0 saturated heterocycles. The van der Waals surface area contributed by atoms with E-state index in [1.807, 2.05) is 0 Å². The fraction of sp³-hybridized carbons (Fsp3) is 0.250. The minimum atomic E-state index is -2.30. The maximum Gasteiger partial charge on any atom is 0.230 e. The monoisotopic (exact) mass is 174 g/mol. The van der Waals surface area contributed by atoms with Crippen LogP contribution in [-0.4, -0.2) is 5.11 Å². The largest absolute Gasteiger partial charge is 0.358 e. The molecule has 1 aromatic carbocycles. The summed E-state index contributed by atoms with van der Waals surface area (Å²) < 4.78 is 12.8. The van der Waals surface area contributed by atoms with Crippen molar-refractivity contribution in [1.29, 1.82) is 0 Å². The van der Waals surface area contributed by atoms with Gasteiger partial charge in [-0.2, -0.15) is 0 Å². The van der Waals surface area contributed by atoms with Gasteiger partial charge in [0.2, 0.25) is 5.85 Å². The van der Waals surface area contributed by atoms with E-state index in [4.69, 9.17) is 16.7 Å². The van der Waals surface area contributed by atoms with Crippen molar-refractivity contribution in [2.75, 3.05) is 0 Å². The third-order valence-electron chi connectivity index (χ3n) is 1.35. The molecule has 0 aliphatic rings. The predicted molar refractivity (Wildman–Crippen MR) is 42.1 cm³/mol. The Morgan fingerprint density at radius 1 is 1.55 bits per heavy atom. The molecule has 0 unspecified atom stereocenters. The van der Waals surface area contributed by atoms with Gasteiger partial charge >= 0.3 is 0 Å². The van der Waals surface area contributed by atoms with Crippen LogP contribution in [0.5, 0.6) is 0 Å². The van der Waals surface area contributed by atoms with E-state index < -0.39 is 5.85 Å². The highest BCUT2D eigenvalue weighted by molar-refractivity contribution is 6.30. The number of alkyl halides is 1. The van der Waals surface area contributed by atoms with Crippen LogP contribution in [0, 0.1) is 0 Å². The minimum absolute atomic E-state index is 0.171. The summed E-state index contributed by atoms with van der Waals surface area (Å²) in [5.74, 6) is -2.30. The Morgan fingerprint density at radius 2 is 2.18 bits per heavy atom. The summed E-state index contributed by atoms with van der Waals surface area (Å²) in [6, 6.07) is 6.08. The molecule has 0 fully saturated rings. The predicted octanol–water partition coefficient (Wildman–Crippen LogP) is 2.47. The van der Waals surface area contributed by atoms with Gasteiger partial charge in [-0.1, -0.05) is 23.7 Å². The lowest BCUT2D eigenvalue weighted by Crippen LogP contribution is -2.12. The van der Waals surface area contributed by atoms with E-state index in [2.05, 4.69) is 0 Å². The summed E-state index contributed by atoms with van der Waals surface area (Å²) >= 11 is 5.57. The Balaban J connectivity index is 3.06. The summed E-state index contributed by atoms with van der Waals surface area (Å²) in [7, 11) is 0. The highest BCUT2D eigenvalue weighted by atomic mass is 35.5. The molecular weight excluding hydrogens is 167 g/mol. The molecule has 0 bridgehead atoms. The van der Waals surface area contributed by atoms with Crippen LogP contribution in [0.3, 0.4) is 0 Å². The second kappa shape index (κ2) is 2.80. The van der Waals surface area contributed by atoms with Crippen molar-refractivity contribution in [2.24, 2.45) is 0 Å². The fourth-order valence-corrected chi connectivity index (χ4v) is 0.963. The van der Waals surface area contributed by atoms with Crippen molar-refractivity contribution in [3.05, 3.63) is 34.9 Å². The highest BCUT2D eigenvalue weighted by Gasteiger charge is 2.20. The molecule has 1 rings (SSSR count). The van der Waals surface area contributed by atoms with Gasteiger partial charge in [0.15, 0.2) is 0 Å². The summed E-state index contributed by atoms with van der Waals surface area (Å²) in [5.41, 5.74) is 0.171. The quantitative estimate of drug-likeness (QED) is 0.694. The second-order valence-corrected chi connectivity index (χ2v) is 2.90. The maximum absolute atomic E-state index is 12.8. The molecule has 0 saturated carbocycles. The Hall–Kier alpha value is -0.600. The van der Waals surface area contributed by atoms with Crippen LogP contribution in [-0.2, 0) is 5.85 Å². The first-order valence-electron chi connectivity index (χ1n) is 3.17. The lowest BCUT2D eigenvalue weighted by molar-refractivity contribution is -0.0768.